The van der Waals surface area contributed by atoms with Crippen molar-refractivity contribution in [3.05, 3.63) is 29.8 Å². The second kappa shape index (κ2) is 7.07. The molecule has 0 bridgehead atoms. The van der Waals surface area contributed by atoms with Gasteiger partial charge in [-0.05, 0) is 31.0 Å². The molecule has 0 heterocycles. The molecule has 1 aromatic rings. The van der Waals surface area contributed by atoms with Gasteiger partial charge >= 0.3 is 0 Å². The van der Waals surface area contributed by atoms with Crippen molar-refractivity contribution >= 4 is 5.69 Å². The van der Waals surface area contributed by atoms with E-state index >= 15 is 0 Å². The van der Waals surface area contributed by atoms with Crippen LogP contribution in [0.4, 0.5) is 5.69 Å². The third-order valence-corrected chi connectivity index (χ3v) is 3.92. The summed E-state index contributed by atoms with van der Waals surface area (Å²) in [5.74, 6) is 0. The average molecular weight is 278 g/mol. The number of anilines is 1. The van der Waals surface area contributed by atoms with Crippen molar-refractivity contribution in [3.8, 4) is 0 Å². The van der Waals surface area contributed by atoms with Crippen LogP contribution >= 0.6 is 0 Å². The Bertz CT molecular complexity index is 405. The van der Waals surface area contributed by atoms with Crippen LogP contribution in [0, 0.1) is 0 Å². The topological polar surface area (TPSA) is 33.7 Å². The first kappa shape index (κ1) is 15.3. The zero-order valence-electron chi connectivity index (χ0n) is 12.9. The number of benzene rings is 1. The number of ether oxygens (including phenoxy) is 2. The van der Waals surface area contributed by atoms with Crippen LogP contribution in [-0.4, -0.2) is 46.1 Å². The summed E-state index contributed by atoms with van der Waals surface area (Å²) < 4.78 is 11.1. The molecule has 3 unspecified atom stereocenters. The molecule has 1 aliphatic carbocycles. The van der Waals surface area contributed by atoms with Crippen LogP contribution < -0.4 is 10.2 Å². The summed E-state index contributed by atoms with van der Waals surface area (Å²) in [7, 11) is 5.87. The molecule has 112 valence electrons. The number of rotatable bonds is 7. The molecule has 4 nitrogen and oxygen atoms in total. The van der Waals surface area contributed by atoms with E-state index in [1.54, 1.807) is 7.11 Å². The third-order valence-electron chi connectivity index (χ3n) is 3.92. The van der Waals surface area contributed by atoms with Crippen LogP contribution in [0.3, 0.4) is 0 Å². The SMILES string of the molecule is CCOC1CC(NCc2ccc(N(C)C)cc2)C1OC. The van der Waals surface area contributed by atoms with Gasteiger partial charge in [-0.1, -0.05) is 12.1 Å². The van der Waals surface area contributed by atoms with Crippen LogP contribution in [0.15, 0.2) is 24.3 Å². The minimum absolute atomic E-state index is 0.177. The molecule has 0 aliphatic heterocycles. The lowest BCUT2D eigenvalue weighted by molar-refractivity contribution is -0.131. The summed E-state index contributed by atoms with van der Waals surface area (Å²) in [6.07, 6.45) is 1.46. The maximum absolute atomic E-state index is 5.64. The quantitative estimate of drug-likeness (QED) is 0.827. The zero-order chi connectivity index (χ0) is 14.5. The summed E-state index contributed by atoms with van der Waals surface area (Å²) in [6, 6.07) is 9.03. The van der Waals surface area contributed by atoms with Crippen molar-refractivity contribution in [1.82, 2.24) is 5.32 Å². The highest BCUT2D eigenvalue weighted by molar-refractivity contribution is 5.45. The van der Waals surface area contributed by atoms with Crippen LogP contribution in [0.1, 0.15) is 18.9 Å². The van der Waals surface area contributed by atoms with Gasteiger partial charge in [0.2, 0.25) is 0 Å². The largest absolute Gasteiger partial charge is 0.378 e. The molecular formula is C16H26N2O2. The second-order valence-electron chi connectivity index (χ2n) is 5.48. The van der Waals surface area contributed by atoms with E-state index in [9.17, 15) is 0 Å². The summed E-state index contributed by atoms with van der Waals surface area (Å²) in [6.45, 7) is 3.65. The number of nitrogens with one attached hydrogen (secondary N) is 1. The molecule has 20 heavy (non-hydrogen) atoms. The lowest BCUT2D eigenvalue weighted by atomic mass is 9.85. The van der Waals surface area contributed by atoms with Crippen molar-refractivity contribution in [2.75, 3.05) is 32.7 Å². The Balaban J connectivity index is 1.81. The van der Waals surface area contributed by atoms with E-state index in [-0.39, 0.29) is 12.2 Å². The number of methoxy groups -OCH3 is 1. The zero-order valence-corrected chi connectivity index (χ0v) is 12.9. The summed E-state index contributed by atoms with van der Waals surface area (Å²) >= 11 is 0. The highest BCUT2D eigenvalue weighted by atomic mass is 16.5. The van der Waals surface area contributed by atoms with Crippen molar-refractivity contribution < 1.29 is 9.47 Å². The first-order valence-electron chi connectivity index (χ1n) is 7.29. The Morgan fingerprint density at radius 3 is 2.50 bits per heavy atom. The van der Waals surface area contributed by atoms with E-state index < -0.39 is 0 Å². The highest BCUT2D eigenvalue weighted by Crippen LogP contribution is 2.27. The predicted octanol–water partition coefficient (Wildman–Crippen LogP) is 2.03. The molecule has 1 N–H and O–H groups in total. The number of hydrogen-bond donors (Lipinski definition) is 1. The smallest absolute Gasteiger partial charge is 0.0986 e. The monoisotopic (exact) mass is 278 g/mol. The standard InChI is InChI=1S/C16H26N2O2/c1-5-20-15-10-14(16(15)19-4)17-11-12-6-8-13(9-7-12)18(2)3/h6-9,14-17H,5,10-11H2,1-4H3. The summed E-state index contributed by atoms with van der Waals surface area (Å²) in [5, 5.41) is 3.55. The number of hydrogen-bond acceptors (Lipinski definition) is 4. The van der Waals surface area contributed by atoms with Gasteiger partial charge in [0.1, 0.15) is 0 Å². The van der Waals surface area contributed by atoms with Gasteiger partial charge in [0, 0.05) is 46.1 Å². The lowest BCUT2D eigenvalue weighted by Crippen LogP contribution is -2.59. The van der Waals surface area contributed by atoms with E-state index in [0.29, 0.717) is 6.04 Å². The van der Waals surface area contributed by atoms with Crippen molar-refractivity contribution in [1.29, 1.82) is 0 Å². The van der Waals surface area contributed by atoms with E-state index in [1.807, 2.05) is 6.92 Å². The van der Waals surface area contributed by atoms with Crippen LogP contribution in [0.5, 0.6) is 0 Å². The molecule has 0 radical (unpaired) electrons. The van der Waals surface area contributed by atoms with E-state index in [2.05, 4.69) is 48.6 Å². The minimum atomic E-state index is 0.177. The third kappa shape index (κ3) is 3.51. The molecule has 1 saturated carbocycles. The molecule has 0 saturated heterocycles. The molecule has 1 aromatic carbocycles. The lowest BCUT2D eigenvalue weighted by Gasteiger charge is -2.43. The molecular weight excluding hydrogens is 252 g/mol. The molecule has 0 spiro atoms. The van der Waals surface area contributed by atoms with Gasteiger partial charge in [0.05, 0.1) is 12.2 Å². The average Bonchev–Trinajstić information content (AvgIpc) is 2.42. The van der Waals surface area contributed by atoms with Crippen molar-refractivity contribution in [2.45, 2.75) is 38.1 Å². The number of nitrogens with zero attached hydrogens (tertiary/aromatic N) is 1. The Labute approximate surface area is 122 Å². The molecule has 0 amide bonds. The molecule has 2 rings (SSSR count). The van der Waals surface area contributed by atoms with E-state index in [4.69, 9.17) is 9.47 Å². The van der Waals surface area contributed by atoms with Crippen LogP contribution in [-0.2, 0) is 16.0 Å². The fraction of sp³-hybridized carbons (Fsp3) is 0.625. The highest BCUT2D eigenvalue weighted by Gasteiger charge is 2.41. The molecule has 3 atom stereocenters. The Morgan fingerprint density at radius 1 is 1.25 bits per heavy atom. The van der Waals surface area contributed by atoms with Crippen LogP contribution in [0.2, 0.25) is 0 Å². The first-order chi connectivity index (χ1) is 9.65. The predicted molar refractivity (Wildman–Crippen MR) is 82.2 cm³/mol. The van der Waals surface area contributed by atoms with Crippen molar-refractivity contribution in [3.63, 3.8) is 0 Å². The van der Waals surface area contributed by atoms with Gasteiger partial charge in [0.15, 0.2) is 0 Å². The fourth-order valence-electron chi connectivity index (χ4n) is 2.64. The Morgan fingerprint density at radius 2 is 1.95 bits per heavy atom. The first-order valence-corrected chi connectivity index (χ1v) is 7.29. The summed E-state index contributed by atoms with van der Waals surface area (Å²) in [5.41, 5.74) is 2.52. The van der Waals surface area contributed by atoms with Gasteiger partial charge < -0.3 is 19.7 Å². The van der Waals surface area contributed by atoms with Crippen LogP contribution in [0.25, 0.3) is 0 Å². The van der Waals surface area contributed by atoms with Gasteiger partial charge in [-0.15, -0.1) is 0 Å². The fourth-order valence-corrected chi connectivity index (χ4v) is 2.64. The van der Waals surface area contributed by atoms with Gasteiger partial charge in [0.25, 0.3) is 0 Å². The molecule has 0 aromatic heterocycles. The molecule has 1 fully saturated rings. The molecule has 1 aliphatic rings. The second-order valence-corrected chi connectivity index (χ2v) is 5.48. The Hall–Kier alpha value is -1.10. The minimum Gasteiger partial charge on any atom is -0.378 e. The Kier molecular flexibility index (Phi) is 5.40. The normalized spacial score (nSPS) is 25.3. The summed E-state index contributed by atoms with van der Waals surface area (Å²) in [4.78, 5) is 2.11. The van der Waals surface area contributed by atoms with Gasteiger partial charge in [-0.2, -0.15) is 0 Å². The van der Waals surface area contributed by atoms with Gasteiger partial charge in [-0.25, -0.2) is 0 Å². The van der Waals surface area contributed by atoms with E-state index in [0.717, 1.165) is 19.6 Å². The van der Waals surface area contributed by atoms with Gasteiger partial charge in [-0.3, -0.25) is 0 Å². The van der Waals surface area contributed by atoms with Crippen molar-refractivity contribution in [2.24, 2.45) is 0 Å². The maximum atomic E-state index is 5.64. The molecule has 4 heteroatoms. The maximum Gasteiger partial charge on any atom is 0.0986 e. The van der Waals surface area contributed by atoms with E-state index in [1.165, 1.54) is 11.3 Å².